The van der Waals surface area contributed by atoms with Gasteiger partial charge in [0.25, 0.3) is 0 Å². The van der Waals surface area contributed by atoms with E-state index < -0.39 is 0 Å². The number of nitrogens with zero attached hydrogens (tertiary/aromatic N) is 1. The van der Waals surface area contributed by atoms with Crippen molar-refractivity contribution in [3.63, 3.8) is 0 Å². The molecule has 3 rings (SSSR count). The molecule has 2 aromatic rings. The highest BCUT2D eigenvalue weighted by Gasteiger charge is 2.19. The summed E-state index contributed by atoms with van der Waals surface area (Å²) >= 11 is 1.85. The number of aromatic nitrogens is 1. The standard InChI is InChI=1S/C15H20N2S/c16-12-6-2-1-5-11(9-12)10-15-17-13-7-3-4-8-14(13)18-15/h3-4,7-8,11-12H,1-2,5-6,9-10,16H2. The molecule has 0 saturated heterocycles. The van der Waals surface area contributed by atoms with Crippen LogP contribution in [0.25, 0.3) is 10.2 Å². The number of hydrogen-bond acceptors (Lipinski definition) is 3. The normalized spacial score (nSPS) is 25.2. The zero-order chi connectivity index (χ0) is 12.4. The third-order valence-corrected chi connectivity index (χ3v) is 4.93. The van der Waals surface area contributed by atoms with E-state index in [4.69, 9.17) is 10.7 Å². The molecule has 3 heteroatoms. The topological polar surface area (TPSA) is 38.9 Å². The van der Waals surface area contributed by atoms with E-state index in [9.17, 15) is 0 Å². The summed E-state index contributed by atoms with van der Waals surface area (Å²) in [6, 6.07) is 8.83. The average Bonchev–Trinajstić information content (AvgIpc) is 2.65. The maximum absolute atomic E-state index is 6.14. The van der Waals surface area contributed by atoms with Gasteiger partial charge in [-0.1, -0.05) is 25.0 Å². The Balaban J connectivity index is 1.74. The third-order valence-electron chi connectivity index (χ3n) is 3.87. The molecule has 18 heavy (non-hydrogen) atoms. The van der Waals surface area contributed by atoms with Gasteiger partial charge in [0.1, 0.15) is 0 Å². The van der Waals surface area contributed by atoms with E-state index in [0.29, 0.717) is 6.04 Å². The molecule has 1 aromatic heterocycles. The van der Waals surface area contributed by atoms with Crippen LogP contribution in [0.3, 0.4) is 0 Å². The molecule has 1 aliphatic rings. The molecule has 1 aliphatic carbocycles. The van der Waals surface area contributed by atoms with Crippen molar-refractivity contribution in [3.05, 3.63) is 29.3 Å². The Hall–Kier alpha value is -0.930. The van der Waals surface area contributed by atoms with Crippen LogP contribution < -0.4 is 5.73 Å². The van der Waals surface area contributed by atoms with Crippen LogP contribution in [-0.4, -0.2) is 11.0 Å². The smallest absolute Gasteiger partial charge is 0.0941 e. The fraction of sp³-hybridized carbons (Fsp3) is 0.533. The molecule has 1 heterocycles. The molecule has 0 amide bonds. The van der Waals surface area contributed by atoms with Crippen LogP contribution >= 0.6 is 11.3 Å². The third kappa shape index (κ3) is 2.73. The molecule has 1 fully saturated rings. The molecule has 2 unspecified atom stereocenters. The minimum absolute atomic E-state index is 0.409. The van der Waals surface area contributed by atoms with E-state index in [1.807, 2.05) is 11.3 Å². The van der Waals surface area contributed by atoms with Gasteiger partial charge in [-0.25, -0.2) is 4.98 Å². The highest BCUT2D eigenvalue weighted by molar-refractivity contribution is 7.18. The largest absolute Gasteiger partial charge is 0.328 e. The number of benzene rings is 1. The molecule has 2 atom stereocenters. The Labute approximate surface area is 112 Å². The van der Waals surface area contributed by atoms with Crippen molar-refractivity contribution >= 4 is 21.6 Å². The minimum Gasteiger partial charge on any atom is -0.328 e. The number of hydrogen-bond donors (Lipinski definition) is 1. The molecule has 1 aromatic carbocycles. The second-order valence-electron chi connectivity index (χ2n) is 5.43. The summed E-state index contributed by atoms with van der Waals surface area (Å²) in [5.41, 5.74) is 7.29. The lowest BCUT2D eigenvalue weighted by atomic mass is 9.95. The lowest BCUT2D eigenvalue weighted by Gasteiger charge is -2.15. The summed E-state index contributed by atoms with van der Waals surface area (Å²) < 4.78 is 1.31. The molecule has 1 saturated carbocycles. The van der Waals surface area contributed by atoms with E-state index in [1.165, 1.54) is 41.8 Å². The van der Waals surface area contributed by atoms with Crippen LogP contribution in [-0.2, 0) is 6.42 Å². The second kappa shape index (κ2) is 5.37. The number of nitrogens with two attached hydrogens (primary N) is 1. The molecule has 0 spiro atoms. The quantitative estimate of drug-likeness (QED) is 0.835. The molecule has 96 valence electrons. The van der Waals surface area contributed by atoms with Gasteiger partial charge in [0.05, 0.1) is 15.2 Å². The van der Waals surface area contributed by atoms with Gasteiger partial charge >= 0.3 is 0 Å². The Morgan fingerprint density at radius 2 is 2.06 bits per heavy atom. The number of fused-ring (bicyclic) bond motifs is 1. The summed E-state index contributed by atoms with van der Waals surface area (Å²) in [5.74, 6) is 0.739. The lowest BCUT2D eigenvalue weighted by Crippen LogP contribution is -2.22. The predicted octanol–water partition coefficient (Wildman–Crippen LogP) is 3.75. The Kier molecular flexibility index (Phi) is 3.62. The van der Waals surface area contributed by atoms with Gasteiger partial charge in [0, 0.05) is 12.5 Å². The summed E-state index contributed by atoms with van der Waals surface area (Å²) in [6.45, 7) is 0. The van der Waals surface area contributed by atoms with Crippen LogP contribution in [0.4, 0.5) is 0 Å². The predicted molar refractivity (Wildman–Crippen MR) is 77.9 cm³/mol. The van der Waals surface area contributed by atoms with Crippen LogP contribution in [0.15, 0.2) is 24.3 Å². The molecular weight excluding hydrogens is 240 g/mol. The summed E-state index contributed by atoms with van der Waals surface area (Å²) in [4.78, 5) is 4.74. The van der Waals surface area contributed by atoms with E-state index in [2.05, 4.69) is 24.3 Å². The zero-order valence-electron chi connectivity index (χ0n) is 10.6. The molecule has 2 nitrogen and oxygen atoms in total. The van der Waals surface area contributed by atoms with E-state index >= 15 is 0 Å². The van der Waals surface area contributed by atoms with Crippen molar-refractivity contribution < 1.29 is 0 Å². The first-order valence-electron chi connectivity index (χ1n) is 6.91. The number of rotatable bonds is 2. The highest BCUT2D eigenvalue weighted by atomic mass is 32.1. The number of thiazole rings is 1. The molecule has 0 aliphatic heterocycles. The van der Waals surface area contributed by atoms with Crippen LogP contribution in [0.2, 0.25) is 0 Å². The van der Waals surface area contributed by atoms with Gasteiger partial charge in [-0.05, 0) is 37.3 Å². The highest BCUT2D eigenvalue weighted by Crippen LogP contribution is 2.29. The van der Waals surface area contributed by atoms with Crippen molar-refractivity contribution in [1.29, 1.82) is 0 Å². The van der Waals surface area contributed by atoms with Gasteiger partial charge in [-0.2, -0.15) is 0 Å². The molecule has 2 N–H and O–H groups in total. The fourth-order valence-corrected chi connectivity index (χ4v) is 4.02. The van der Waals surface area contributed by atoms with Gasteiger partial charge < -0.3 is 5.73 Å². The Morgan fingerprint density at radius 3 is 2.94 bits per heavy atom. The summed E-state index contributed by atoms with van der Waals surface area (Å²) in [7, 11) is 0. The second-order valence-corrected chi connectivity index (χ2v) is 6.54. The van der Waals surface area contributed by atoms with Crippen molar-refractivity contribution in [2.45, 2.75) is 44.6 Å². The summed E-state index contributed by atoms with van der Waals surface area (Å²) in [6.07, 6.45) is 7.46. The SMILES string of the molecule is NC1CCCCC(Cc2nc3ccccc3s2)C1. The summed E-state index contributed by atoms with van der Waals surface area (Å²) in [5, 5.41) is 1.29. The van der Waals surface area contributed by atoms with Gasteiger partial charge in [-0.3, -0.25) is 0 Å². The van der Waals surface area contributed by atoms with Gasteiger partial charge in [0.2, 0.25) is 0 Å². The first-order chi connectivity index (χ1) is 8.81. The molecule has 0 bridgehead atoms. The molecular formula is C15H20N2S. The van der Waals surface area contributed by atoms with Crippen molar-refractivity contribution in [2.24, 2.45) is 11.7 Å². The van der Waals surface area contributed by atoms with E-state index in [-0.39, 0.29) is 0 Å². The minimum atomic E-state index is 0.409. The first kappa shape index (κ1) is 12.1. The maximum Gasteiger partial charge on any atom is 0.0941 e. The average molecular weight is 260 g/mol. The van der Waals surface area contributed by atoms with Crippen LogP contribution in [0.5, 0.6) is 0 Å². The monoisotopic (exact) mass is 260 g/mol. The fourth-order valence-electron chi connectivity index (χ4n) is 2.94. The van der Waals surface area contributed by atoms with Crippen molar-refractivity contribution in [1.82, 2.24) is 4.98 Å². The van der Waals surface area contributed by atoms with Gasteiger partial charge in [0.15, 0.2) is 0 Å². The Bertz CT molecular complexity index is 487. The molecule has 0 radical (unpaired) electrons. The lowest BCUT2D eigenvalue weighted by molar-refractivity contribution is 0.430. The maximum atomic E-state index is 6.14. The van der Waals surface area contributed by atoms with Crippen LogP contribution in [0, 0.1) is 5.92 Å². The van der Waals surface area contributed by atoms with Crippen LogP contribution in [0.1, 0.15) is 37.1 Å². The first-order valence-corrected chi connectivity index (χ1v) is 7.73. The van der Waals surface area contributed by atoms with Crippen molar-refractivity contribution in [3.8, 4) is 0 Å². The van der Waals surface area contributed by atoms with Crippen molar-refractivity contribution in [2.75, 3.05) is 0 Å². The van der Waals surface area contributed by atoms with E-state index in [0.717, 1.165) is 17.9 Å². The Morgan fingerprint density at radius 1 is 1.22 bits per heavy atom. The number of para-hydroxylation sites is 1. The zero-order valence-corrected chi connectivity index (χ0v) is 11.5. The van der Waals surface area contributed by atoms with E-state index in [1.54, 1.807) is 0 Å². The van der Waals surface area contributed by atoms with Gasteiger partial charge in [-0.15, -0.1) is 11.3 Å².